The van der Waals surface area contributed by atoms with Crippen molar-refractivity contribution in [2.24, 2.45) is 0 Å². The van der Waals surface area contributed by atoms with Gasteiger partial charge >= 0.3 is 0 Å². The van der Waals surface area contributed by atoms with Crippen LogP contribution in [0.4, 0.5) is 0 Å². The van der Waals surface area contributed by atoms with Gasteiger partial charge in [0.05, 0.1) is 17.8 Å². The van der Waals surface area contributed by atoms with Gasteiger partial charge in [-0.1, -0.05) is 12.1 Å². The quantitative estimate of drug-likeness (QED) is 0.870. The van der Waals surface area contributed by atoms with Crippen molar-refractivity contribution in [2.45, 2.75) is 26.6 Å². The van der Waals surface area contributed by atoms with E-state index >= 15 is 0 Å². The number of nitriles is 1. The third kappa shape index (κ3) is 3.19. The number of hydrogen-bond donors (Lipinski definition) is 1. The summed E-state index contributed by atoms with van der Waals surface area (Å²) in [7, 11) is 0. The van der Waals surface area contributed by atoms with Crippen LogP contribution in [0.5, 0.6) is 0 Å². The number of rotatable bonds is 5. The molecule has 0 aliphatic heterocycles. The predicted octanol–water partition coefficient (Wildman–Crippen LogP) is 2.06. The molecule has 1 N–H and O–H groups in total. The molecule has 2 aromatic rings. The maximum absolute atomic E-state index is 8.81. The van der Waals surface area contributed by atoms with Gasteiger partial charge in [0.25, 0.3) is 0 Å². The molecule has 0 aliphatic carbocycles. The zero-order valence-electron chi connectivity index (χ0n) is 10.4. The van der Waals surface area contributed by atoms with Crippen molar-refractivity contribution in [1.29, 1.82) is 5.26 Å². The molecular formula is C14H16N4. The lowest BCUT2D eigenvalue weighted by Gasteiger charge is -2.03. The summed E-state index contributed by atoms with van der Waals surface area (Å²) < 4.78 is 1.91. The van der Waals surface area contributed by atoms with Crippen molar-refractivity contribution >= 4 is 0 Å². The van der Waals surface area contributed by atoms with Gasteiger partial charge in [0.15, 0.2) is 0 Å². The molecule has 2 rings (SSSR count). The van der Waals surface area contributed by atoms with Crippen LogP contribution in [0.15, 0.2) is 36.7 Å². The van der Waals surface area contributed by atoms with E-state index in [0.717, 1.165) is 25.2 Å². The highest BCUT2D eigenvalue weighted by Crippen LogP contribution is 2.04. The smallest absolute Gasteiger partial charge is 0.0991 e. The molecule has 1 aromatic heterocycles. The molecule has 0 amide bonds. The van der Waals surface area contributed by atoms with Gasteiger partial charge in [0.1, 0.15) is 0 Å². The number of nitrogens with zero attached hydrogens (tertiary/aromatic N) is 3. The summed E-state index contributed by atoms with van der Waals surface area (Å²) in [6.45, 7) is 4.51. The Balaban J connectivity index is 1.86. The first kappa shape index (κ1) is 12.3. The monoisotopic (exact) mass is 240 g/mol. The Hall–Kier alpha value is -2.12. The van der Waals surface area contributed by atoms with Gasteiger partial charge in [-0.05, 0) is 24.6 Å². The maximum Gasteiger partial charge on any atom is 0.0991 e. The van der Waals surface area contributed by atoms with E-state index in [9.17, 15) is 0 Å². The Labute approximate surface area is 107 Å². The fourth-order valence-electron chi connectivity index (χ4n) is 1.77. The van der Waals surface area contributed by atoms with Crippen LogP contribution in [-0.4, -0.2) is 9.78 Å². The van der Waals surface area contributed by atoms with Gasteiger partial charge in [0.2, 0.25) is 0 Å². The number of hydrogen-bond acceptors (Lipinski definition) is 3. The molecule has 0 atom stereocenters. The van der Waals surface area contributed by atoms with E-state index in [1.807, 2.05) is 41.3 Å². The van der Waals surface area contributed by atoms with Crippen molar-refractivity contribution in [3.05, 3.63) is 53.3 Å². The molecule has 0 saturated heterocycles. The van der Waals surface area contributed by atoms with Gasteiger partial charge < -0.3 is 5.32 Å². The second-order valence-electron chi connectivity index (χ2n) is 4.12. The largest absolute Gasteiger partial charge is 0.309 e. The third-order valence-electron chi connectivity index (χ3n) is 2.73. The summed E-state index contributed by atoms with van der Waals surface area (Å²) in [6.07, 6.45) is 3.92. The molecule has 18 heavy (non-hydrogen) atoms. The van der Waals surface area contributed by atoms with Gasteiger partial charge in [-0.15, -0.1) is 0 Å². The van der Waals surface area contributed by atoms with Gasteiger partial charge in [0, 0.05) is 31.4 Å². The van der Waals surface area contributed by atoms with Gasteiger partial charge in [-0.2, -0.15) is 10.4 Å². The summed E-state index contributed by atoms with van der Waals surface area (Å²) in [5.74, 6) is 0. The standard InChI is InChI=1S/C14H16N4/c1-2-18-11-14(10-17-18)9-16-8-13-5-3-4-12(6-13)7-15/h3-6,10-11,16H,2,8-9H2,1H3. The van der Waals surface area contributed by atoms with E-state index in [2.05, 4.69) is 23.4 Å². The lowest BCUT2D eigenvalue weighted by Crippen LogP contribution is -2.12. The zero-order chi connectivity index (χ0) is 12.8. The molecule has 1 heterocycles. The molecule has 0 unspecified atom stereocenters. The summed E-state index contributed by atoms with van der Waals surface area (Å²) in [6, 6.07) is 9.79. The number of aryl methyl sites for hydroxylation is 1. The SMILES string of the molecule is CCn1cc(CNCc2cccc(C#N)c2)cn1. The molecule has 4 heteroatoms. The minimum atomic E-state index is 0.702. The molecule has 92 valence electrons. The molecule has 0 saturated carbocycles. The topological polar surface area (TPSA) is 53.6 Å². The summed E-state index contributed by atoms with van der Waals surface area (Å²) in [5, 5.41) is 16.4. The molecule has 4 nitrogen and oxygen atoms in total. The lowest BCUT2D eigenvalue weighted by molar-refractivity contribution is 0.655. The summed E-state index contributed by atoms with van der Waals surface area (Å²) >= 11 is 0. The number of nitrogens with one attached hydrogen (secondary N) is 1. The zero-order valence-corrected chi connectivity index (χ0v) is 10.4. The van der Waals surface area contributed by atoms with Crippen LogP contribution in [0.1, 0.15) is 23.6 Å². The molecule has 0 spiro atoms. The first-order chi connectivity index (χ1) is 8.81. The van der Waals surface area contributed by atoms with Crippen LogP contribution < -0.4 is 5.32 Å². The predicted molar refractivity (Wildman–Crippen MR) is 69.6 cm³/mol. The highest BCUT2D eigenvalue weighted by atomic mass is 15.3. The molecular weight excluding hydrogens is 224 g/mol. The average Bonchev–Trinajstić information content (AvgIpc) is 2.87. The van der Waals surface area contributed by atoms with Crippen LogP contribution in [-0.2, 0) is 19.6 Å². The first-order valence-corrected chi connectivity index (χ1v) is 6.03. The van der Waals surface area contributed by atoms with Crippen molar-refractivity contribution in [3.63, 3.8) is 0 Å². The summed E-state index contributed by atoms with van der Waals surface area (Å²) in [4.78, 5) is 0. The third-order valence-corrected chi connectivity index (χ3v) is 2.73. The minimum absolute atomic E-state index is 0.702. The van der Waals surface area contributed by atoms with Crippen LogP contribution >= 0.6 is 0 Å². The van der Waals surface area contributed by atoms with Crippen molar-refractivity contribution in [1.82, 2.24) is 15.1 Å². The Kier molecular flexibility index (Phi) is 4.11. The van der Waals surface area contributed by atoms with Crippen LogP contribution in [0.3, 0.4) is 0 Å². The Morgan fingerprint density at radius 3 is 2.89 bits per heavy atom. The van der Waals surface area contributed by atoms with Crippen molar-refractivity contribution in [2.75, 3.05) is 0 Å². The molecule has 0 bridgehead atoms. The van der Waals surface area contributed by atoms with E-state index in [4.69, 9.17) is 5.26 Å². The molecule has 0 fully saturated rings. The average molecular weight is 240 g/mol. The molecule has 1 aromatic carbocycles. The molecule has 0 aliphatic rings. The number of aromatic nitrogens is 2. The normalized spacial score (nSPS) is 10.2. The van der Waals surface area contributed by atoms with E-state index in [-0.39, 0.29) is 0 Å². The fraction of sp³-hybridized carbons (Fsp3) is 0.286. The van der Waals surface area contributed by atoms with Crippen LogP contribution in [0.2, 0.25) is 0 Å². The minimum Gasteiger partial charge on any atom is -0.309 e. The van der Waals surface area contributed by atoms with E-state index < -0.39 is 0 Å². The second-order valence-corrected chi connectivity index (χ2v) is 4.12. The van der Waals surface area contributed by atoms with E-state index in [0.29, 0.717) is 5.56 Å². The number of benzene rings is 1. The Bertz CT molecular complexity index is 551. The van der Waals surface area contributed by atoms with E-state index in [1.165, 1.54) is 5.56 Å². The second kappa shape index (κ2) is 5.99. The van der Waals surface area contributed by atoms with Gasteiger partial charge in [-0.25, -0.2) is 0 Å². The Morgan fingerprint density at radius 2 is 2.17 bits per heavy atom. The van der Waals surface area contributed by atoms with Gasteiger partial charge in [-0.3, -0.25) is 4.68 Å². The Morgan fingerprint density at radius 1 is 1.33 bits per heavy atom. The van der Waals surface area contributed by atoms with Crippen molar-refractivity contribution < 1.29 is 0 Å². The first-order valence-electron chi connectivity index (χ1n) is 6.03. The maximum atomic E-state index is 8.81. The van der Waals surface area contributed by atoms with Crippen LogP contribution in [0.25, 0.3) is 0 Å². The lowest BCUT2D eigenvalue weighted by atomic mass is 10.1. The fourth-order valence-corrected chi connectivity index (χ4v) is 1.77. The van der Waals surface area contributed by atoms with Crippen LogP contribution in [0, 0.1) is 11.3 Å². The summed E-state index contributed by atoms with van der Waals surface area (Å²) in [5.41, 5.74) is 3.00. The highest BCUT2D eigenvalue weighted by Gasteiger charge is 1.98. The van der Waals surface area contributed by atoms with Crippen molar-refractivity contribution in [3.8, 4) is 6.07 Å². The molecule has 0 radical (unpaired) electrons. The highest BCUT2D eigenvalue weighted by molar-refractivity contribution is 5.32. The van der Waals surface area contributed by atoms with E-state index in [1.54, 1.807) is 0 Å².